The summed E-state index contributed by atoms with van der Waals surface area (Å²) in [4.78, 5) is 25.5. The van der Waals surface area contributed by atoms with Gasteiger partial charge >= 0.3 is 5.97 Å². The molecule has 0 bridgehead atoms. The molecule has 8 heteroatoms. The highest BCUT2D eigenvalue weighted by atomic mass is 32.1. The van der Waals surface area contributed by atoms with Gasteiger partial charge in [0.05, 0.1) is 18.2 Å². The summed E-state index contributed by atoms with van der Waals surface area (Å²) in [6, 6.07) is 9.26. The summed E-state index contributed by atoms with van der Waals surface area (Å²) in [5, 5.41) is 6.99. The molecule has 2 heterocycles. The summed E-state index contributed by atoms with van der Waals surface area (Å²) in [6.45, 7) is 5.68. The van der Waals surface area contributed by atoms with Crippen molar-refractivity contribution in [2.75, 3.05) is 12.4 Å². The van der Waals surface area contributed by atoms with Crippen molar-refractivity contribution in [3.8, 4) is 5.75 Å². The second-order valence-electron chi connectivity index (χ2n) is 6.21. The molecule has 3 rings (SSSR count). The number of ether oxygens (including phenoxy) is 2. The van der Waals surface area contributed by atoms with Crippen molar-refractivity contribution in [3.05, 3.63) is 63.4 Å². The number of nitrogens with zero attached hydrogens (tertiary/aromatic N) is 1. The largest absolute Gasteiger partial charge is 0.489 e. The smallest absolute Gasteiger partial charge is 0.340 e. The average Bonchev–Trinajstić information content (AvgIpc) is 3.23. The summed E-state index contributed by atoms with van der Waals surface area (Å²) in [7, 11) is 1.29. The maximum absolute atomic E-state index is 12.7. The molecule has 0 spiro atoms. The van der Waals surface area contributed by atoms with Gasteiger partial charge in [-0.25, -0.2) is 4.79 Å². The Morgan fingerprint density at radius 1 is 1.18 bits per heavy atom. The van der Waals surface area contributed by atoms with E-state index in [1.165, 1.54) is 18.4 Å². The van der Waals surface area contributed by atoms with Crippen LogP contribution in [0.4, 0.5) is 5.00 Å². The number of carbonyl (C=O) groups excluding carboxylic acids is 2. The minimum Gasteiger partial charge on any atom is -0.489 e. The van der Waals surface area contributed by atoms with E-state index in [-0.39, 0.29) is 12.3 Å². The summed E-state index contributed by atoms with van der Waals surface area (Å²) in [5.41, 5.74) is 2.09. The number of anilines is 1. The standard InChI is InChI=1S/C20H20N2O5S/c1-11-5-7-14(8-6-11)26-10-16-13(3)27-22-17(16)18(23)21-19-15(20(24)25-4)9-12(2)28-19/h5-9H,10H2,1-4H3,(H,21,23). The van der Waals surface area contributed by atoms with Crippen LogP contribution in [0.2, 0.25) is 0 Å². The predicted octanol–water partition coefficient (Wildman–Crippen LogP) is 4.28. The van der Waals surface area contributed by atoms with Crippen molar-refractivity contribution in [2.45, 2.75) is 27.4 Å². The van der Waals surface area contributed by atoms with Gasteiger partial charge in [0.2, 0.25) is 0 Å². The third-order valence-electron chi connectivity index (χ3n) is 4.09. The number of rotatable bonds is 6. The van der Waals surface area contributed by atoms with E-state index in [4.69, 9.17) is 14.0 Å². The molecule has 3 aromatic rings. The van der Waals surface area contributed by atoms with Crippen molar-refractivity contribution in [3.63, 3.8) is 0 Å². The Balaban J connectivity index is 1.78. The Bertz CT molecular complexity index is 1000. The molecular formula is C20H20N2O5S. The molecule has 7 nitrogen and oxygen atoms in total. The van der Waals surface area contributed by atoms with Gasteiger partial charge in [-0.05, 0) is 39.0 Å². The number of carbonyl (C=O) groups is 2. The molecular weight excluding hydrogens is 380 g/mol. The fourth-order valence-electron chi connectivity index (χ4n) is 2.56. The van der Waals surface area contributed by atoms with E-state index in [1.54, 1.807) is 13.0 Å². The Hall–Kier alpha value is -3.13. The number of hydrogen-bond donors (Lipinski definition) is 1. The maximum Gasteiger partial charge on any atom is 0.340 e. The SMILES string of the molecule is COC(=O)c1cc(C)sc1NC(=O)c1noc(C)c1COc1ccc(C)cc1. The number of aromatic nitrogens is 1. The van der Waals surface area contributed by atoms with Crippen molar-refractivity contribution in [1.29, 1.82) is 0 Å². The van der Waals surface area contributed by atoms with Crippen LogP contribution in [0.5, 0.6) is 5.75 Å². The van der Waals surface area contributed by atoms with Gasteiger partial charge in [-0.2, -0.15) is 0 Å². The molecule has 0 fully saturated rings. The zero-order chi connectivity index (χ0) is 20.3. The third kappa shape index (κ3) is 4.23. The number of nitrogens with one attached hydrogen (secondary N) is 1. The molecule has 0 aliphatic carbocycles. The molecule has 0 aliphatic heterocycles. The van der Waals surface area contributed by atoms with Crippen LogP contribution in [-0.2, 0) is 11.3 Å². The lowest BCUT2D eigenvalue weighted by molar-refractivity contribution is 0.0602. The molecule has 0 saturated heterocycles. The lowest BCUT2D eigenvalue weighted by Crippen LogP contribution is -2.16. The molecule has 0 atom stereocenters. The van der Waals surface area contributed by atoms with Crippen molar-refractivity contribution in [1.82, 2.24) is 5.16 Å². The van der Waals surface area contributed by atoms with Gasteiger partial charge in [-0.15, -0.1) is 11.3 Å². The molecule has 0 radical (unpaired) electrons. The molecule has 0 saturated carbocycles. The summed E-state index contributed by atoms with van der Waals surface area (Å²) >= 11 is 1.28. The molecule has 1 aromatic carbocycles. The van der Waals surface area contributed by atoms with Gasteiger partial charge in [0.1, 0.15) is 23.1 Å². The Kier molecular flexibility index (Phi) is 5.79. The first kappa shape index (κ1) is 19.6. The van der Waals surface area contributed by atoms with E-state index in [2.05, 4.69) is 10.5 Å². The van der Waals surface area contributed by atoms with Crippen LogP contribution in [0.25, 0.3) is 0 Å². The Morgan fingerprint density at radius 3 is 2.57 bits per heavy atom. The molecule has 2 aromatic heterocycles. The topological polar surface area (TPSA) is 90.7 Å². The lowest BCUT2D eigenvalue weighted by atomic mass is 10.2. The van der Waals surface area contributed by atoms with E-state index >= 15 is 0 Å². The Labute approximate surface area is 166 Å². The van der Waals surface area contributed by atoms with Crippen molar-refractivity contribution >= 4 is 28.2 Å². The maximum atomic E-state index is 12.7. The number of hydrogen-bond acceptors (Lipinski definition) is 7. The molecule has 1 amide bonds. The number of thiophene rings is 1. The van der Waals surface area contributed by atoms with E-state index < -0.39 is 11.9 Å². The van der Waals surface area contributed by atoms with Gasteiger partial charge in [0.15, 0.2) is 5.69 Å². The van der Waals surface area contributed by atoms with Crippen LogP contribution in [-0.4, -0.2) is 24.1 Å². The average molecular weight is 400 g/mol. The first-order valence-corrected chi connectivity index (χ1v) is 9.35. The van der Waals surface area contributed by atoms with Gasteiger partial charge in [0, 0.05) is 4.88 Å². The Morgan fingerprint density at radius 2 is 1.89 bits per heavy atom. The normalized spacial score (nSPS) is 10.6. The van der Waals surface area contributed by atoms with E-state index in [0.29, 0.717) is 27.6 Å². The number of aryl methyl sites for hydroxylation is 3. The van der Waals surface area contributed by atoms with E-state index in [9.17, 15) is 9.59 Å². The van der Waals surface area contributed by atoms with E-state index in [0.717, 1.165) is 10.4 Å². The number of amides is 1. The molecule has 0 aliphatic rings. The first-order chi connectivity index (χ1) is 13.4. The highest BCUT2D eigenvalue weighted by molar-refractivity contribution is 7.16. The molecule has 1 N–H and O–H groups in total. The monoisotopic (exact) mass is 400 g/mol. The number of methoxy groups -OCH3 is 1. The van der Waals surface area contributed by atoms with Gasteiger partial charge < -0.3 is 19.3 Å². The number of esters is 1. The summed E-state index contributed by atoms with van der Waals surface area (Å²) < 4.78 is 15.7. The highest BCUT2D eigenvalue weighted by Crippen LogP contribution is 2.29. The molecule has 28 heavy (non-hydrogen) atoms. The van der Waals surface area contributed by atoms with Crippen LogP contribution < -0.4 is 10.1 Å². The van der Waals surface area contributed by atoms with Gasteiger partial charge in [-0.1, -0.05) is 22.9 Å². The summed E-state index contributed by atoms with van der Waals surface area (Å²) in [6.07, 6.45) is 0. The number of benzene rings is 1. The second kappa shape index (κ2) is 8.26. The van der Waals surface area contributed by atoms with E-state index in [1.807, 2.05) is 38.1 Å². The van der Waals surface area contributed by atoms with Crippen molar-refractivity contribution in [2.24, 2.45) is 0 Å². The summed E-state index contributed by atoms with van der Waals surface area (Å²) in [5.74, 6) is 0.178. The quantitative estimate of drug-likeness (QED) is 0.621. The highest BCUT2D eigenvalue weighted by Gasteiger charge is 2.23. The minimum absolute atomic E-state index is 0.117. The fourth-order valence-corrected chi connectivity index (χ4v) is 3.46. The van der Waals surface area contributed by atoms with Crippen LogP contribution in [0, 0.1) is 20.8 Å². The predicted molar refractivity (Wildman–Crippen MR) is 105 cm³/mol. The molecule has 146 valence electrons. The third-order valence-corrected chi connectivity index (χ3v) is 5.06. The lowest BCUT2D eigenvalue weighted by Gasteiger charge is -2.08. The van der Waals surface area contributed by atoms with Crippen LogP contribution in [0.3, 0.4) is 0 Å². The first-order valence-electron chi connectivity index (χ1n) is 8.53. The van der Waals surface area contributed by atoms with Crippen LogP contribution >= 0.6 is 11.3 Å². The van der Waals surface area contributed by atoms with Crippen LogP contribution in [0.1, 0.15) is 42.6 Å². The molecule has 0 unspecified atom stereocenters. The minimum atomic E-state index is -0.515. The second-order valence-corrected chi connectivity index (χ2v) is 7.47. The van der Waals surface area contributed by atoms with Gasteiger partial charge in [-0.3, -0.25) is 4.79 Å². The zero-order valence-electron chi connectivity index (χ0n) is 16.0. The fraction of sp³-hybridized carbons (Fsp3) is 0.250. The van der Waals surface area contributed by atoms with Crippen molar-refractivity contribution < 1.29 is 23.6 Å². The van der Waals surface area contributed by atoms with Crippen LogP contribution in [0.15, 0.2) is 34.9 Å². The van der Waals surface area contributed by atoms with Gasteiger partial charge in [0.25, 0.3) is 5.91 Å². The zero-order valence-corrected chi connectivity index (χ0v) is 16.8.